The molecule has 1 heterocycles. The summed E-state index contributed by atoms with van der Waals surface area (Å²) in [6, 6.07) is 3.33. The van der Waals surface area contributed by atoms with Crippen molar-refractivity contribution in [2.45, 2.75) is 35.4 Å². The highest BCUT2D eigenvalue weighted by atomic mass is 32.2. The molecule has 0 amide bonds. The normalized spacial score (nSPS) is 18.9. The number of benzene rings is 1. The number of aliphatic hydroxyl groups is 1. The van der Waals surface area contributed by atoms with E-state index in [1.54, 1.807) is 6.07 Å². The van der Waals surface area contributed by atoms with Crippen molar-refractivity contribution in [1.29, 1.82) is 5.26 Å². The minimum atomic E-state index is -5.93. The van der Waals surface area contributed by atoms with Gasteiger partial charge in [-0.25, -0.2) is 17.2 Å². The lowest BCUT2D eigenvalue weighted by Gasteiger charge is -2.17. The summed E-state index contributed by atoms with van der Waals surface area (Å²) in [5, 5.41) is 22.4. The van der Waals surface area contributed by atoms with Crippen LogP contribution in [0.2, 0.25) is 0 Å². The van der Waals surface area contributed by atoms with Gasteiger partial charge in [-0.1, -0.05) is 6.07 Å². The third-order valence-electron chi connectivity index (χ3n) is 4.19. The van der Waals surface area contributed by atoms with E-state index < -0.39 is 44.3 Å². The van der Waals surface area contributed by atoms with E-state index in [1.165, 1.54) is 17.1 Å². The predicted molar refractivity (Wildman–Crippen MR) is 79.3 cm³/mol. The molecule has 0 saturated carbocycles. The van der Waals surface area contributed by atoms with E-state index in [-0.39, 0.29) is 23.2 Å². The Morgan fingerprint density at radius 2 is 2.04 bits per heavy atom. The summed E-state index contributed by atoms with van der Waals surface area (Å²) in [4.78, 5) is -1.39. The molecule has 3 rings (SSSR count). The summed E-state index contributed by atoms with van der Waals surface area (Å²) in [6.45, 7) is -0.195. The molecular weight excluding hydrogens is 397 g/mol. The molecule has 0 radical (unpaired) electrons. The van der Waals surface area contributed by atoms with Crippen LogP contribution in [0.4, 0.5) is 22.0 Å². The minimum absolute atomic E-state index is 0.0648. The van der Waals surface area contributed by atoms with Crippen LogP contribution in [0, 0.1) is 11.3 Å². The van der Waals surface area contributed by atoms with Crippen molar-refractivity contribution in [2.75, 3.05) is 0 Å². The van der Waals surface area contributed by atoms with Crippen LogP contribution in [0.15, 0.2) is 29.4 Å². The molecular formula is C15H10F5N3O3S. The Kier molecular flexibility index (Phi) is 4.28. The largest absolute Gasteiger partial charge is 0.501 e. The van der Waals surface area contributed by atoms with Gasteiger partial charge in [0.05, 0.1) is 23.2 Å². The van der Waals surface area contributed by atoms with Crippen LogP contribution in [0.5, 0.6) is 0 Å². The summed E-state index contributed by atoms with van der Waals surface area (Å²) in [5.41, 5.74) is -6.80. The standard InChI is InChI=1S/C15H10F5N3O3S/c16-14(17)3-10-9(7-23-6-8(4-21)5-22-23)1-2-11(12(10)13(14)24)27(25,26)15(18,19)20/h1-2,5-6,13,24H,3,7H2/t13-/m0/s1. The molecule has 12 heteroatoms. The van der Waals surface area contributed by atoms with Crippen LogP contribution in [0.25, 0.3) is 0 Å². The van der Waals surface area contributed by atoms with Gasteiger partial charge < -0.3 is 5.11 Å². The second-order valence-electron chi connectivity index (χ2n) is 5.94. The highest BCUT2D eigenvalue weighted by Crippen LogP contribution is 2.48. The van der Waals surface area contributed by atoms with Crippen LogP contribution in [0.1, 0.15) is 28.4 Å². The number of rotatable bonds is 3. The maximum absolute atomic E-state index is 14.0. The Hall–Kier alpha value is -2.52. The third-order valence-corrected chi connectivity index (χ3v) is 5.73. The number of aromatic nitrogens is 2. The SMILES string of the molecule is N#Cc1cnn(Cc2ccc(S(=O)(=O)C(F)(F)F)c3c2CC(F)(F)[C@H]3O)c1. The highest BCUT2D eigenvalue weighted by Gasteiger charge is 2.54. The van der Waals surface area contributed by atoms with Crippen LogP contribution >= 0.6 is 0 Å². The van der Waals surface area contributed by atoms with Crippen molar-refractivity contribution in [3.05, 3.63) is 46.8 Å². The molecule has 1 aliphatic rings. The molecule has 0 saturated heterocycles. The fraction of sp³-hybridized carbons (Fsp3) is 0.333. The van der Waals surface area contributed by atoms with Crippen LogP contribution < -0.4 is 0 Å². The second kappa shape index (κ2) is 6.00. The number of nitrogens with zero attached hydrogens (tertiary/aromatic N) is 3. The summed E-state index contributed by atoms with van der Waals surface area (Å²) in [5.74, 6) is -3.82. The van der Waals surface area contributed by atoms with E-state index in [4.69, 9.17) is 5.26 Å². The number of hydrogen-bond acceptors (Lipinski definition) is 5. The van der Waals surface area contributed by atoms with Crippen LogP contribution in [0.3, 0.4) is 0 Å². The Labute approximate surface area is 149 Å². The van der Waals surface area contributed by atoms with E-state index in [1.807, 2.05) is 0 Å². The van der Waals surface area contributed by atoms with Crippen molar-refractivity contribution in [1.82, 2.24) is 9.78 Å². The van der Waals surface area contributed by atoms with Gasteiger partial charge in [-0.05, 0) is 17.2 Å². The van der Waals surface area contributed by atoms with Gasteiger partial charge in [-0.15, -0.1) is 0 Å². The third kappa shape index (κ3) is 3.06. The van der Waals surface area contributed by atoms with Gasteiger partial charge in [0.1, 0.15) is 12.2 Å². The fourth-order valence-electron chi connectivity index (χ4n) is 2.93. The first-order valence-electron chi connectivity index (χ1n) is 7.33. The maximum atomic E-state index is 14.0. The number of hydrogen-bond donors (Lipinski definition) is 1. The Morgan fingerprint density at radius 3 is 2.59 bits per heavy atom. The predicted octanol–water partition coefficient (Wildman–Crippen LogP) is 2.32. The lowest BCUT2D eigenvalue weighted by Crippen LogP contribution is -2.26. The number of nitriles is 1. The number of aliphatic hydroxyl groups excluding tert-OH is 1. The smallest absolute Gasteiger partial charge is 0.382 e. The lowest BCUT2D eigenvalue weighted by molar-refractivity contribution is -0.0978. The number of halogens is 5. The summed E-state index contributed by atoms with van der Waals surface area (Å²) < 4.78 is 91.3. The van der Waals surface area contributed by atoms with Crippen molar-refractivity contribution in [3.63, 3.8) is 0 Å². The molecule has 0 fully saturated rings. The first kappa shape index (κ1) is 19.2. The molecule has 1 aliphatic carbocycles. The van der Waals surface area contributed by atoms with Gasteiger partial charge in [0.15, 0.2) is 0 Å². The zero-order valence-corrected chi connectivity index (χ0v) is 14.0. The molecule has 1 N–H and O–H groups in total. The zero-order valence-electron chi connectivity index (χ0n) is 13.2. The lowest BCUT2D eigenvalue weighted by atomic mass is 10.0. The van der Waals surface area contributed by atoms with Gasteiger partial charge in [-0.2, -0.15) is 23.5 Å². The maximum Gasteiger partial charge on any atom is 0.501 e. The number of sulfone groups is 1. The molecule has 2 aromatic rings. The van der Waals surface area contributed by atoms with E-state index in [9.17, 15) is 35.5 Å². The zero-order chi connectivity index (χ0) is 20.2. The monoisotopic (exact) mass is 407 g/mol. The summed E-state index contributed by atoms with van der Waals surface area (Å²) in [6.07, 6.45) is -1.32. The molecule has 144 valence electrons. The van der Waals surface area contributed by atoms with Gasteiger partial charge in [-0.3, -0.25) is 4.68 Å². The van der Waals surface area contributed by atoms with Crippen molar-refractivity contribution in [2.24, 2.45) is 0 Å². The molecule has 1 aromatic heterocycles. The molecule has 1 aromatic carbocycles. The average molecular weight is 407 g/mol. The summed E-state index contributed by atoms with van der Waals surface area (Å²) in [7, 11) is -5.93. The fourth-order valence-corrected chi connectivity index (χ4v) is 3.95. The van der Waals surface area contributed by atoms with Crippen LogP contribution in [-0.2, 0) is 22.8 Å². The Balaban J connectivity index is 2.17. The van der Waals surface area contributed by atoms with E-state index in [2.05, 4.69) is 5.10 Å². The average Bonchev–Trinajstić information content (AvgIpc) is 3.10. The minimum Gasteiger partial charge on any atom is -0.382 e. The van der Waals surface area contributed by atoms with E-state index in [0.29, 0.717) is 6.07 Å². The van der Waals surface area contributed by atoms with Crippen molar-refractivity contribution >= 4 is 9.84 Å². The Bertz CT molecular complexity index is 1050. The van der Waals surface area contributed by atoms with Gasteiger partial charge >= 0.3 is 5.51 Å². The van der Waals surface area contributed by atoms with Gasteiger partial charge in [0.2, 0.25) is 0 Å². The van der Waals surface area contributed by atoms with E-state index >= 15 is 0 Å². The second-order valence-corrected chi connectivity index (χ2v) is 7.85. The molecule has 1 atom stereocenters. The van der Waals surface area contributed by atoms with Crippen molar-refractivity contribution in [3.8, 4) is 6.07 Å². The first-order chi connectivity index (χ1) is 12.4. The molecule has 0 aliphatic heterocycles. The number of fused-ring (bicyclic) bond motifs is 1. The topological polar surface area (TPSA) is 96.0 Å². The van der Waals surface area contributed by atoms with E-state index in [0.717, 1.165) is 6.07 Å². The molecule has 0 bridgehead atoms. The molecule has 0 unspecified atom stereocenters. The highest BCUT2D eigenvalue weighted by molar-refractivity contribution is 7.92. The van der Waals surface area contributed by atoms with Crippen LogP contribution in [-0.4, -0.2) is 34.7 Å². The Morgan fingerprint density at radius 1 is 1.37 bits per heavy atom. The molecule has 27 heavy (non-hydrogen) atoms. The molecule has 6 nitrogen and oxygen atoms in total. The van der Waals surface area contributed by atoms with Gasteiger partial charge in [0.25, 0.3) is 15.8 Å². The quantitative estimate of drug-likeness (QED) is 0.788. The van der Waals surface area contributed by atoms with Crippen molar-refractivity contribution < 1.29 is 35.5 Å². The first-order valence-corrected chi connectivity index (χ1v) is 8.81. The number of alkyl halides is 5. The summed E-state index contributed by atoms with van der Waals surface area (Å²) >= 11 is 0. The molecule has 0 spiro atoms. The van der Waals surface area contributed by atoms with Gasteiger partial charge in [0, 0.05) is 18.2 Å².